The molecule has 0 saturated heterocycles. The fourth-order valence-electron chi connectivity index (χ4n) is 2.14. The fraction of sp³-hybridized carbons (Fsp3) is 0.0952. The van der Waals surface area contributed by atoms with E-state index in [9.17, 15) is 4.79 Å². The number of carbonyl (C=O) groups excluding carboxylic acids is 1. The van der Waals surface area contributed by atoms with Gasteiger partial charge in [0.15, 0.2) is 5.78 Å². The zero-order valence-corrected chi connectivity index (χ0v) is 16.9. The van der Waals surface area contributed by atoms with Gasteiger partial charge in [-0.1, -0.05) is 47.5 Å². The molecule has 0 aliphatic carbocycles. The van der Waals surface area contributed by atoms with Crippen molar-refractivity contribution >= 4 is 5.78 Å². The minimum atomic E-state index is -0.125. The maximum absolute atomic E-state index is 10.0. The standard InChI is InChI=1S/C16H11N2.C5H8O2.Ir/c1-2-4-13(5-3-1)14-6-8-15(9-7-14)16-10-11-17-12-18-16;1-4(6)3-5(2)7;/h1-8,10-12H;3,6H,1-2H3;/q-1;;/b;4-3-;. The first-order valence-corrected chi connectivity index (χ1v) is 7.77. The number of aromatic nitrogens is 2. The molecule has 5 heteroatoms. The molecular formula is C21H19IrN2O2-. The Morgan fingerprint density at radius 3 is 2.23 bits per heavy atom. The number of aliphatic hydroxyl groups is 1. The van der Waals surface area contributed by atoms with E-state index < -0.39 is 0 Å². The van der Waals surface area contributed by atoms with Crippen LogP contribution >= 0.6 is 0 Å². The van der Waals surface area contributed by atoms with Crippen LogP contribution in [-0.2, 0) is 24.9 Å². The van der Waals surface area contributed by atoms with Gasteiger partial charge >= 0.3 is 0 Å². The van der Waals surface area contributed by atoms with Crippen molar-refractivity contribution in [2.75, 3.05) is 0 Å². The molecule has 0 aliphatic heterocycles. The molecule has 135 valence electrons. The largest absolute Gasteiger partial charge is 0.512 e. The van der Waals surface area contributed by atoms with Gasteiger partial charge in [-0.25, -0.2) is 4.98 Å². The normalized spacial score (nSPS) is 10.2. The van der Waals surface area contributed by atoms with Crippen LogP contribution in [0.15, 0.2) is 79.0 Å². The minimum absolute atomic E-state index is 0. The quantitative estimate of drug-likeness (QED) is 0.309. The minimum Gasteiger partial charge on any atom is -0.512 e. The van der Waals surface area contributed by atoms with Crippen molar-refractivity contribution in [2.45, 2.75) is 13.8 Å². The van der Waals surface area contributed by atoms with Gasteiger partial charge in [-0.15, -0.1) is 29.8 Å². The van der Waals surface area contributed by atoms with Crippen molar-refractivity contribution in [3.8, 4) is 22.4 Å². The molecule has 0 amide bonds. The zero-order chi connectivity index (χ0) is 18.1. The summed E-state index contributed by atoms with van der Waals surface area (Å²) in [5, 5.41) is 8.36. The van der Waals surface area contributed by atoms with Crippen LogP contribution < -0.4 is 0 Å². The second kappa shape index (κ2) is 11.1. The number of allylic oxidation sites excluding steroid dienone is 2. The average molecular weight is 524 g/mol. The van der Waals surface area contributed by atoms with Gasteiger partial charge in [0.2, 0.25) is 0 Å². The number of nitrogens with zero attached hydrogens (tertiary/aromatic N) is 2. The number of hydrogen-bond donors (Lipinski definition) is 1. The van der Waals surface area contributed by atoms with E-state index in [1.165, 1.54) is 25.5 Å². The van der Waals surface area contributed by atoms with Crippen LogP contribution in [0.25, 0.3) is 22.4 Å². The first kappa shape index (κ1) is 21.4. The Hall–Kier alpha value is -2.62. The van der Waals surface area contributed by atoms with E-state index in [1.807, 2.05) is 36.4 Å². The maximum Gasteiger partial charge on any atom is 0.155 e. The van der Waals surface area contributed by atoms with E-state index >= 15 is 0 Å². The number of benzene rings is 2. The Kier molecular flexibility index (Phi) is 9.13. The van der Waals surface area contributed by atoms with Gasteiger partial charge in [0.1, 0.15) is 6.33 Å². The summed E-state index contributed by atoms with van der Waals surface area (Å²) in [6.45, 7) is 2.85. The molecule has 0 unspecified atom stereocenters. The summed E-state index contributed by atoms with van der Waals surface area (Å²) in [6.07, 6.45) is 4.45. The van der Waals surface area contributed by atoms with Crippen LogP contribution in [0.3, 0.4) is 0 Å². The van der Waals surface area contributed by atoms with Crippen molar-refractivity contribution < 1.29 is 30.0 Å². The Morgan fingerprint density at radius 1 is 1.04 bits per heavy atom. The molecule has 2 aromatic carbocycles. The Labute approximate surface area is 167 Å². The molecule has 0 fully saturated rings. The molecule has 3 rings (SSSR count). The van der Waals surface area contributed by atoms with Crippen LogP contribution in [0.2, 0.25) is 0 Å². The van der Waals surface area contributed by atoms with Crippen molar-refractivity contribution in [3.05, 3.63) is 85.0 Å². The van der Waals surface area contributed by atoms with Crippen LogP contribution in [-0.4, -0.2) is 20.9 Å². The van der Waals surface area contributed by atoms with Gasteiger partial charge in [0.05, 0.1) is 5.76 Å². The van der Waals surface area contributed by atoms with Crippen LogP contribution in [0.5, 0.6) is 0 Å². The molecule has 3 aromatic rings. The van der Waals surface area contributed by atoms with Crippen LogP contribution in [0.4, 0.5) is 0 Å². The molecule has 1 radical (unpaired) electrons. The third kappa shape index (κ3) is 7.09. The summed E-state index contributed by atoms with van der Waals surface area (Å²) in [5.74, 6) is -0.0625. The third-order valence-corrected chi connectivity index (χ3v) is 3.19. The van der Waals surface area contributed by atoms with Gasteiger partial charge in [-0.2, -0.15) is 0 Å². The Balaban J connectivity index is 0.000000366. The molecular weight excluding hydrogens is 504 g/mol. The number of carbonyl (C=O) groups is 1. The molecule has 0 atom stereocenters. The summed E-state index contributed by atoms with van der Waals surface area (Å²) in [6, 6.07) is 21.5. The van der Waals surface area contributed by atoms with Gasteiger partial charge in [-0.3, -0.25) is 9.78 Å². The number of aliphatic hydroxyl groups excluding tert-OH is 1. The molecule has 0 saturated carbocycles. The number of ketones is 1. The van der Waals surface area contributed by atoms with Gasteiger partial charge in [-0.05, 0) is 19.5 Å². The Morgan fingerprint density at radius 2 is 1.77 bits per heavy atom. The van der Waals surface area contributed by atoms with E-state index in [1.54, 1.807) is 12.5 Å². The van der Waals surface area contributed by atoms with E-state index in [0.29, 0.717) is 0 Å². The molecule has 1 aromatic heterocycles. The fourth-order valence-corrected chi connectivity index (χ4v) is 2.14. The summed E-state index contributed by atoms with van der Waals surface area (Å²) in [4.78, 5) is 18.1. The molecule has 0 bridgehead atoms. The van der Waals surface area contributed by atoms with Gasteiger partial charge in [0, 0.05) is 32.4 Å². The van der Waals surface area contributed by atoms with Crippen molar-refractivity contribution in [2.24, 2.45) is 0 Å². The molecule has 26 heavy (non-hydrogen) atoms. The summed E-state index contributed by atoms with van der Waals surface area (Å²) >= 11 is 0. The van der Waals surface area contributed by atoms with E-state index in [4.69, 9.17) is 5.11 Å². The third-order valence-electron chi connectivity index (χ3n) is 3.19. The predicted octanol–water partition coefficient (Wildman–Crippen LogP) is 4.65. The van der Waals surface area contributed by atoms with Crippen molar-refractivity contribution in [1.82, 2.24) is 9.97 Å². The first-order valence-electron chi connectivity index (χ1n) is 7.77. The van der Waals surface area contributed by atoms with Gasteiger partial charge in [0.25, 0.3) is 0 Å². The van der Waals surface area contributed by atoms with E-state index in [-0.39, 0.29) is 31.6 Å². The van der Waals surface area contributed by atoms with Crippen molar-refractivity contribution in [1.29, 1.82) is 0 Å². The molecule has 4 nitrogen and oxygen atoms in total. The smallest absolute Gasteiger partial charge is 0.155 e. The summed E-state index contributed by atoms with van der Waals surface area (Å²) in [5.41, 5.74) is 4.23. The zero-order valence-electron chi connectivity index (χ0n) is 14.5. The molecule has 0 spiro atoms. The van der Waals surface area contributed by atoms with E-state index in [2.05, 4.69) is 34.2 Å². The second-order valence-corrected chi connectivity index (χ2v) is 5.35. The topological polar surface area (TPSA) is 63.1 Å². The number of rotatable bonds is 3. The van der Waals surface area contributed by atoms with E-state index in [0.717, 1.165) is 16.8 Å². The second-order valence-electron chi connectivity index (χ2n) is 5.35. The SMILES string of the molecule is CC(=O)/C=C(/C)O.[Ir].[c-]1cc(-c2ccccc2)ccc1-c1ccncn1. The summed E-state index contributed by atoms with van der Waals surface area (Å²) < 4.78 is 0. The monoisotopic (exact) mass is 524 g/mol. The molecule has 0 aliphatic rings. The first-order chi connectivity index (χ1) is 12.1. The Bertz CT molecular complexity index is 770. The molecule has 1 heterocycles. The average Bonchev–Trinajstić information content (AvgIpc) is 2.63. The maximum atomic E-state index is 10.0. The predicted molar refractivity (Wildman–Crippen MR) is 98.8 cm³/mol. The molecule has 1 N–H and O–H groups in total. The number of hydrogen-bond acceptors (Lipinski definition) is 4. The van der Waals surface area contributed by atoms with Crippen molar-refractivity contribution in [3.63, 3.8) is 0 Å². The van der Waals surface area contributed by atoms with Crippen LogP contribution in [0, 0.1) is 6.07 Å². The summed E-state index contributed by atoms with van der Waals surface area (Å²) in [7, 11) is 0. The van der Waals surface area contributed by atoms with Gasteiger partial charge < -0.3 is 5.11 Å². The van der Waals surface area contributed by atoms with Crippen LogP contribution in [0.1, 0.15) is 13.8 Å².